The summed E-state index contributed by atoms with van der Waals surface area (Å²) in [7, 11) is 0. The Labute approximate surface area is 222 Å². The standard InChI is InChI=1S/C33H39ClN2/c1-23(20-24-10-9-15-25-11-5-6-14-27(25)22-24)21-32(26-12-3-2-4-13-26)36-33(35)30-18-19-31(34)29-17-8-7-16-28(29)30/h2-4,6-7,12-14,16,18-20,24-25,27,29,31,35H,5,8-11,15,17,21-22H2,1H3/b23-20-,35-33?,36-32?. The van der Waals surface area contributed by atoms with Gasteiger partial charge in [0.15, 0.2) is 5.84 Å². The molecule has 5 atom stereocenters. The van der Waals surface area contributed by atoms with Gasteiger partial charge in [0, 0.05) is 17.9 Å². The van der Waals surface area contributed by atoms with Gasteiger partial charge in [-0.05, 0) is 80.8 Å². The predicted octanol–water partition coefficient (Wildman–Crippen LogP) is 9.00. The van der Waals surface area contributed by atoms with Crippen molar-refractivity contribution in [2.75, 3.05) is 0 Å². The Morgan fingerprint density at radius 2 is 1.86 bits per heavy atom. The Morgan fingerprint density at radius 1 is 1.03 bits per heavy atom. The van der Waals surface area contributed by atoms with Gasteiger partial charge in [-0.15, -0.1) is 11.6 Å². The summed E-state index contributed by atoms with van der Waals surface area (Å²) in [5, 5.41) is 8.98. The highest BCUT2D eigenvalue weighted by molar-refractivity contribution is 6.23. The van der Waals surface area contributed by atoms with Crippen molar-refractivity contribution in [2.24, 2.45) is 28.7 Å². The van der Waals surface area contributed by atoms with Crippen LogP contribution >= 0.6 is 11.6 Å². The van der Waals surface area contributed by atoms with E-state index in [9.17, 15) is 0 Å². The number of alkyl halides is 1. The Balaban J connectivity index is 1.39. The summed E-state index contributed by atoms with van der Waals surface area (Å²) in [6.45, 7) is 2.25. The quantitative estimate of drug-likeness (QED) is 0.182. The van der Waals surface area contributed by atoms with Crippen molar-refractivity contribution in [3.63, 3.8) is 0 Å². The highest BCUT2D eigenvalue weighted by Crippen LogP contribution is 2.39. The lowest BCUT2D eigenvalue weighted by molar-refractivity contribution is 0.327. The number of rotatable bonds is 5. The molecule has 4 aliphatic rings. The minimum absolute atomic E-state index is 0.00225. The average molecular weight is 499 g/mol. The van der Waals surface area contributed by atoms with Crippen LogP contribution in [0.1, 0.15) is 70.3 Å². The zero-order chi connectivity index (χ0) is 24.9. The third kappa shape index (κ3) is 5.92. The van der Waals surface area contributed by atoms with Crippen LogP contribution < -0.4 is 0 Å². The first-order valence-corrected chi connectivity index (χ1v) is 14.3. The van der Waals surface area contributed by atoms with E-state index in [2.05, 4.69) is 61.6 Å². The van der Waals surface area contributed by atoms with Crippen molar-refractivity contribution in [1.82, 2.24) is 0 Å². The van der Waals surface area contributed by atoms with Crippen LogP contribution in [0.25, 0.3) is 0 Å². The lowest BCUT2D eigenvalue weighted by Crippen LogP contribution is -2.23. The average Bonchev–Trinajstić information content (AvgIpc) is 3.10. The number of halogens is 1. The van der Waals surface area contributed by atoms with Crippen molar-refractivity contribution in [1.29, 1.82) is 5.41 Å². The van der Waals surface area contributed by atoms with E-state index >= 15 is 0 Å². The van der Waals surface area contributed by atoms with Crippen molar-refractivity contribution >= 4 is 23.1 Å². The summed E-state index contributed by atoms with van der Waals surface area (Å²) >= 11 is 6.60. The summed E-state index contributed by atoms with van der Waals surface area (Å²) in [5.74, 6) is 2.90. The van der Waals surface area contributed by atoms with Crippen molar-refractivity contribution in [3.8, 4) is 0 Å². The van der Waals surface area contributed by atoms with E-state index in [1.54, 1.807) is 0 Å². The van der Waals surface area contributed by atoms with Gasteiger partial charge in [0.05, 0.1) is 11.1 Å². The van der Waals surface area contributed by atoms with Gasteiger partial charge in [-0.25, -0.2) is 4.99 Å². The van der Waals surface area contributed by atoms with Crippen molar-refractivity contribution in [2.45, 2.75) is 70.1 Å². The molecule has 1 aromatic carbocycles. The molecule has 36 heavy (non-hydrogen) atoms. The second-order valence-corrected chi connectivity index (χ2v) is 11.6. The minimum Gasteiger partial charge on any atom is -0.282 e. The molecular formula is C33H39ClN2. The fraction of sp³-hybridized carbons (Fsp3) is 0.455. The molecule has 3 heteroatoms. The maximum Gasteiger partial charge on any atom is 0.152 e. The van der Waals surface area contributed by atoms with E-state index in [0.717, 1.165) is 47.9 Å². The Kier molecular flexibility index (Phi) is 8.22. The van der Waals surface area contributed by atoms with Crippen molar-refractivity contribution < 1.29 is 0 Å². The number of allylic oxidation sites excluding steroid dienone is 8. The third-order valence-electron chi connectivity index (χ3n) is 8.48. The number of amidine groups is 1. The summed E-state index contributed by atoms with van der Waals surface area (Å²) in [4.78, 5) is 4.97. The number of nitrogens with zero attached hydrogens (tertiary/aromatic N) is 1. The van der Waals surface area contributed by atoms with E-state index in [1.165, 1.54) is 49.7 Å². The number of nitrogens with one attached hydrogen (secondary N) is 1. The molecular weight excluding hydrogens is 460 g/mol. The third-order valence-corrected chi connectivity index (χ3v) is 8.93. The molecule has 1 N–H and O–H groups in total. The lowest BCUT2D eigenvalue weighted by Gasteiger charge is -2.29. The molecule has 0 spiro atoms. The van der Waals surface area contributed by atoms with Crippen LogP contribution in [0.5, 0.6) is 0 Å². The minimum atomic E-state index is 0.00225. The fourth-order valence-electron chi connectivity index (χ4n) is 6.62. The molecule has 0 bridgehead atoms. The molecule has 0 heterocycles. The summed E-state index contributed by atoms with van der Waals surface area (Å²) in [6.07, 6.45) is 26.6. The molecule has 0 aromatic heterocycles. The number of fused-ring (bicyclic) bond motifs is 2. The zero-order valence-electron chi connectivity index (χ0n) is 21.5. The molecule has 1 fully saturated rings. The van der Waals surface area contributed by atoms with Crippen LogP contribution in [-0.4, -0.2) is 16.9 Å². The van der Waals surface area contributed by atoms with E-state index < -0.39 is 0 Å². The monoisotopic (exact) mass is 498 g/mol. The normalized spacial score (nSPS) is 30.6. The molecule has 4 aliphatic carbocycles. The fourth-order valence-corrected chi connectivity index (χ4v) is 6.95. The van der Waals surface area contributed by atoms with Gasteiger partial charge in [-0.1, -0.05) is 84.9 Å². The number of aliphatic imine (C=N–C) groups is 1. The van der Waals surface area contributed by atoms with E-state index in [1.807, 2.05) is 18.2 Å². The van der Waals surface area contributed by atoms with Gasteiger partial charge < -0.3 is 0 Å². The molecule has 0 radical (unpaired) electrons. The molecule has 188 valence electrons. The van der Waals surface area contributed by atoms with Crippen LogP contribution in [0.3, 0.4) is 0 Å². The van der Waals surface area contributed by atoms with E-state index in [0.29, 0.717) is 11.8 Å². The molecule has 1 saturated carbocycles. The highest BCUT2D eigenvalue weighted by Gasteiger charge is 2.29. The summed E-state index contributed by atoms with van der Waals surface area (Å²) < 4.78 is 0. The second-order valence-electron chi connectivity index (χ2n) is 11.1. The largest absolute Gasteiger partial charge is 0.282 e. The zero-order valence-corrected chi connectivity index (χ0v) is 22.3. The lowest BCUT2D eigenvalue weighted by atomic mass is 9.79. The van der Waals surface area contributed by atoms with E-state index in [-0.39, 0.29) is 11.3 Å². The molecule has 5 unspecified atom stereocenters. The van der Waals surface area contributed by atoms with E-state index in [4.69, 9.17) is 22.0 Å². The van der Waals surface area contributed by atoms with Gasteiger partial charge in [0.2, 0.25) is 0 Å². The molecule has 5 rings (SSSR count). The summed E-state index contributed by atoms with van der Waals surface area (Å²) in [5.41, 5.74) is 5.53. The topological polar surface area (TPSA) is 36.2 Å². The molecule has 0 saturated heterocycles. The number of hydrogen-bond acceptors (Lipinski definition) is 1. The SMILES string of the molecule is C/C(=C/C1CCCC2CCC=CC2C1)CC(=NC(=N)C1=C2C=CCCC2C(Cl)C=C1)c1ccccc1. The predicted molar refractivity (Wildman–Crippen MR) is 154 cm³/mol. The van der Waals surface area contributed by atoms with Gasteiger partial charge in [-0.2, -0.15) is 0 Å². The Hall–Kier alpha value is -2.45. The number of benzene rings is 1. The van der Waals surface area contributed by atoms with Crippen LogP contribution in [0.4, 0.5) is 0 Å². The highest BCUT2D eigenvalue weighted by atomic mass is 35.5. The maximum absolute atomic E-state index is 8.98. The van der Waals surface area contributed by atoms with Crippen LogP contribution in [0, 0.1) is 29.1 Å². The van der Waals surface area contributed by atoms with Gasteiger partial charge in [-0.3, -0.25) is 5.41 Å². The van der Waals surface area contributed by atoms with Crippen molar-refractivity contribution in [3.05, 3.63) is 95.1 Å². The van der Waals surface area contributed by atoms with Gasteiger partial charge in [0.1, 0.15) is 0 Å². The maximum atomic E-state index is 8.98. The molecule has 2 nitrogen and oxygen atoms in total. The number of hydrogen-bond donors (Lipinski definition) is 1. The van der Waals surface area contributed by atoms with Crippen LogP contribution in [-0.2, 0) is 0 Å². The summed E-state index contributed by atoms with van der Waals surface area (Å²) in [6, 6.07) is 10.4. The van der Waals surface area contributed by atoms with Gasteiger partial charge in [0.25, 0.3) is 0 Å². The first-order valence-electron chi connectivity index (χ1n) is 13.9. The van der Waals surface area contributed by atoms with Crippen LogP contribution in [0.15, 0.2) is 94.6 Å². The Morgan fingerprint density at radius 3 is 2.72 bits per heavy atom. The smallest absolute Gasteiger partial charge is 0.152 e. The molecule has 1 aromatic rings. The first kappa shape index (κ1) is 25.2. The Bertz CT molecular complexity index is 1130. The molecule has 0 amide bonds. The second kappa shape index (κ2) is 11.7. The van der Waals surface area contributed by atoms with Crippen LogP contribution in [0.2, 0.25) is 0 Å². The first-order chi connectivity index (χ1) is 17.6. The van der Waals surface area contributed by atoms with Gasteiger partial charge >= 0.3 is 0 Å². The molecule has 0 aliphatic heterocycles.